The minimum absolute atomic E-state index is 0.0358. The predicted octanol–water partition coefficient (Wildman–Crippen LogP) is 2.19. The first-order chi connectivity index (χ1) is 14.3. The Hall–Kier alpha value is -3.29. The molecule has 1 unspecified atom stereocenters. The van der Waals surface area contributed by atoms with Crippen LogP contribution in [0.25, 0.3) is 0 Å². The highest BCUT2D eigenvalue weighted by Gasteiger charge is 2.24. The Balaban J connectivity index is 1.78. The number of benzene rings is 2. The molecule has 0 bridgehead atoms. The summed E-state index contributed by atoms with van der Waals surface area (Å²) in [5.74, 6) is -2.21. The van der Waals surface area contributed by atoms with Gasteiger partial charge in [0, 0.05) is 18.7 Å². The third-order valence-corrected chi connectivity index (χ3v) is 4.34. The van der Waals surface area contributed by atoms with E-state index in [2.05, 4.69) is 16.0 Å². The Labute approximate surface area is 174 Å². The SMILES string of the molecule is CC(C)C(NC(=O)c1ccc(F)cc1)C(=O)NCCNC(=O)Cc1cccc(F)c1. The molecular weight excluding hydrogens is 392 g/mol. The lowest BCUT2D eigenvalue weighted by atomic mass is 10.0. The Kier molecular flexibility index (Phi) is 8.46. The van der Waals surface area contributed by atoms with E-state index in [9.17, 15) is 23.2 Å². The van der Waals surface area contributed by atoms with E-state index in [4.69, 9.17) is 0 Å². The summed E-state index contributed by atoms with van der Waals surface area (Å²) in [7, 11) is 0. The molecule has 2 aromatic rings. The van der Waals surface area contributed by atoms with Crippen LogP contribution in [0.4, 0.5) is 8.78 Å². The highest BCUT2D eigenvalue weighted by Crippen LogP contribution is 2.07. The van der Waals surface area contributed by atoms with Gasteiger partial charge in [0.2, 0.25) is 11.8 Å². The van der Waals surface area contributed by atoms with Gasteiger partial charge in [-0.2, -0.15) is 0 Å². The van der Waals surface area contributed by atoms with Gasteiger partial charge in [-0.3, -0.25) is 14.4 Å². The average molecular weight is 417 g/mol. The molecule has 0 fully saturated rings. The molecule has 0 radical (unpaired) electrons. The fraction of sp³-hybridized carbons (Fsp3) is 0.318. The van der Waals surface area contributed by atoms with Gasteiger partial charge in [0.15, 0.2) is 0 Å². The number of hydrogen-bond acceptors (Lipinski definition) is 3. The van der Waals surface area contributed by atoms with Gasteiger partial charge in [-0.25, -0.2) is 8.78 Å². The highest BCUT2D eigenvalue weighted by atomic mass is 19.1. The molecule has 0 aliphatic heterocycles. The van der Waals surface area contributed by atoms with E-state index in [1.54, 1.807) is 19.9 Å². The predicted molar refractivity (Wildman–Crippen MR) is 109 cm³/mol. The van der Waals surface area contributed by atoms with Crippen molar-refractivity contribution in [2.24, 2.45) is 5.92 Å². The van der Waals surface area contributed by atoms with E-state index in [1.807, 2.05) is 0 Å². The maximum absolute atomic E-state index is 13.1. The number of carbonyl (C=O) groups is 3. The fourth-order valence-electron chi connectivity index (χ4n) is 2.75. The zero-order valence-corrected chi connectivity index (χ0v) is 16.9. The number of amides is 3. The lowest BCUT2D eigenvalue weighted by molar-refractivity contribution is -0.124. The van der Waals surface area contributed by atoms with Gasteiger partial charge < -0.3 is 16.0 Å². The molecule has 0 aliphatic rings. The molecule has 0 saturated carbocycles. The zero-order valence-electron chi connectivity index (χ0n) is 16.9. The van der Waals surface area contributed by atoms with Gasteiger partial charge >= 0.3 is 0 Å². The standard InChI is InChI=1S/C22H25F2N3O3/c1-14(2)20(27-21(29)16-6-8-17(23)9-7-16)22(30)26-11-10-25-19(28)13-15-4-3-5-18(24)12-15/h3-9,12,14,20H,10-11,13H2,1-2H3,(H,25,28)(H,26,30)(H,27,29). The van der Waals surface area contributed by atoms with Crippen LogP contribution in [0.2, 0.25) is 0 Å². The molecule has 3 amide bonds. The van der Waals surface area contributed by atoms with Gasteiger partial charge in [-0.05, 0) is 47.9 Å². The molecule has 0 saturated heterocycles. The molecule has 2 rings (SSSR count). The molecule has 2 aromatic carbocycles. The number of halogens is 2. The van der Waals surface area contributed by atoms with E-state index in [0.717, 1.165) is 0 Å². The largest absolute Gasteiger partial charge is 0.354 e. The normalized spacial score (nSPS) is 11.6. The van der Waals surface area contributed by atoms with Crippen LogP contribution >= 0.6 is 0 Å². The summed E-state index contributed by atoms with van der Waals surface area (Å²) in [6, 6.07) is 10.0. The second-order valence-corrected chi connectivity index (χ2v) is 7.15. The Bertz CT molecular complexity index is 885. The van der Waals surface area contributed by atoms with E-state index < -0.39 is 23.6 Å². The van der Waals surface area contributed by atoms with E-state index in [0.29, 0.717) is 5.56 Å². The molecule has 3 N–H and O–H groups in total. The summed E-state index contributed by atoms with van der Waals surface area (Å²) in [5.41, 5.74) is 0.805. The monoisotopic (exact) mass is 417 g/mol. The van der Waals surface area contributed by atoms with E-state index >= 15 is 0 Å². The van der Waals surface area contributed by atoms with Crippen molar-refractivity contribution in [1.82, 2.24) is 16.0 Å². The van der Waals surface area contributed by atoms with Gasteiger partial charge in [0.1, 0.15) is 17.7 Å². The highest BCUT2D eigenvalue weighted by molar-refractivity contribution is 5.97. The lowest BCUT2D eigenvalue weighted by Gasteiger charge is -2.22. The Morgan fingerprint density at radius 2 is 1.57 bits per heavy atom. The molecular formula is C22H25F2N3O3. The topological polar surface area (TPSA) is 87.3 Å². The van der Waals surface area contributed by atoms with Crippen molar-refractivity contribution in [3.05, 3.63) is 71.3 Å². The molecule has 0 heterocycles. The number of rotatable bonds is 9. The lowest BCUT2D eigenvalue weighted by Crippen LogP contribution is -2.50. The van der Waals surface area contributed by atoms with Crippen LogP contribution in [-0.4, -0.2) is 36.9 Å². The summed E-state index contributed by atoms with van der Waals surface area (Å²) >= 11 is 0. The maximum atomic E-state index is 13.1. The first kappa shape index (κ1) is 23.0. The van der Waals surface area contributed by atoms with Crippen LogP contribution in [-0.2, 0) is 16.0 Å². The van der Waals surface area contributed by atoms with Gasteiger partial charge in [0.05, 0.1) is 6.42 Å². The maximum Gasteiger partial charge on any atom is 0.251 e. The Morgan fingerprint density at radius 3 is 2.20 bits per heavy atom. The van der Waals surface area contributed by atoms with Crippen LogP contribution in [0.15, 0.2) is 48.5 Å². The van der Waals surface area contributed by atoms with Crippen molar-refractivity contribution in [1.29, 1.82) is 0 Å². The smallest absolute Gasteiger partial charge is 0.251 e. The summed E-state index contributed by atoms with van der Waals surface area (Å²) in [4.78, 5) is 36.6. The zero-order chi connectivity index (χ0) is 22.1. The molecule has 0 aliphatic carbocycles. The van der Waals surface area contributed by atoms with Crippen LogP contribution in [0.1, 0.15) is 29.8 Å². The molecule has 1 atom stereocenters. The van der Waals surface area contributed by atoms with Crippen molar-refractivity contribution < 1.29 is 23.2 Å². The summed E-state index contributed by atoms with van der Waals surface area (Å²) in [5, 5.41) is 7.96. The van der Waals surface area contributed by atoms with E-state index in [-0.39, 0.29) is 42.8 Å². The van der Waals surface area contributed by atoms with E-state index in [1.165, 1.54) is 42.5 Å². The minimum atomic E-state index is -0.787. The third kappa shape index (κ3) is 7.27. The van der Waals surface area contributed by atoms with Crippen molar-refractivity contribution in [2.75, 3.05) is 13.1 Å². The van der Waals surface area contributed by atoms with Crippen molar-refractivity contribution in [3.63, 3.8) is 0 Å². The Morgan fingerprint density at radius 1 is 0.900 bits per heavy atom. The first-order valence-corrected chi connectivity index (χ1v) is 9.61. The minimum Gasteiger partial charge on any atom is -0.354 e. The summed E-state index contributed by atoms with van der Waals surface area (Å²) < 4.78 is 26.1. The second-order valence-electron chi connectivity index (χ2n) is 7.15. The summed E-state index contributed by atoms with van der Waals surface area (Å²) in [6.45, 7) is 3.94. The number of hydrogen-bond donors (Lipinski definition) is 3. The third-order valence-electron chi connectivity index (χ3n) is 4.34. The van der Waals surface area contributed by atoms with Crippen molar-refractivity contribution >= 4 is 17.7 Å². The van der Waals surface area contributed by atoms with Crippen molar-refractivity contribution in [2.45, 2.75) is 26.3 Å². The molecule has 160 valence electrons. The first-order valence-electron chi connectivity index (χ1n) is 9.61. The molecule has 0 aromatic heterocycles. The van der Waals surface area contributed by atoms with Crippen LogP contribution in [0.5, 0.6) is 0 Å². The molecule has 0 spiro atoms. The molecule has 8 heteroatoms. The van der Waals surface area contributed by atoms with Crippen LogP contribution in [0.3, 0.4) is 0 Å². The molecule has 30 heavy (non-hydrogen) atoms. The fourth-order valence-corrected chi connectivity index (χ4v) is 2.75. The van der Waals surface area contributed by atoms with Crippen LogP contribution < -0.4 is 16.0 Å². The van der Waals surface area contributed by atoms with Gasteiger partial charge in [-0.15, -0.1) is 0 Å². The average Bonchev–Trinajstić information content (AvgIpc) is 2.69. The van der Waals surface area contributed by atoms with Crippen LogP contribution in [0, 0.1) is 17.6 Å². The van der Waals surface area contributed by atoms with Gasteiger partial charge in [0.25, 0.3) is 5.91 Å². The van der Waals surface area contributed by atoms with Gasteiger partial charge in [-0.1, -0.05) is 26.0 Å². The summed E-state index contributed by atoms with van der Waals surface area (Å²) in [6.07, 6.45) is 0.0358. The second kappa shape index (κ2) is 11.0. The quantitative estimate of drug-likeness (QED) is 0.547. The van der Waals surface area contributed by atoms with Crippen molar-refractivity contribution in [3.8, 4) is 0 Å². The number of carbonyl (C=O) groups excluding carboxylic acids is 3. The molecule has 6 nitrogen and oxygen atoms in total. The number of nitrogens with one attached hydrogen (secondary N) is 3.